The van der Waals surface area contributed by atoms with E-state index in [0.717, 1.165) is 21.1 Å². The van der Waals surface area contributed by atoms with Gasteiger partial charge in [-0.15, -0.1) is 11.3 Å². The quantitative estimate of drug-likeness (QED) is 0.820. The van der Waals surface area contributed by atoms with Gasteiger partial charge >= 0.3 is 0 Å². The molecular formula is C15H16N2S. The van der Waals surface area contributed by atoms with Crippen LogP contribution in [0.4, 0.5) is 0 Å². The molecule has 0 N–H and O–H groups in total. The van der Waals surface area contributed by atoms with Gasteiger partial charge in [-0.25, -0.2) is 4.98 Å². The Bertz CT molecular complexity index is 591. The van der Waals surface area contributed by atoms with E-state index in [1.807, 2.05) is 6.07 Å². The Morgan fingerprint density at radius 2 is 2.17 bits per heavy atom. The van der Waals surface area contributed by atoms with E-state index >= 15 is 0 Å². The molecule has 0 atom stereocenters. The van der Waals surface area contributed by atoms with E-state index in [1.165, 1.54) is 5.56 Å². The lowest BCUT2D eigenvalue weighted by molar-refractivity contribution is 0.822. The number of hydrogen-bond donors (Lipinski definition) is 0. The van der Waals surface area contributed by atoms with Crippen molar-refractivity contribution in [2.24, 2.45) is 0 Å². The second kappa shape index (κ2) is 5.32. The normalized spacial score (nSPS) is 10.6. The third-order valence-corrected chi connectivity index (χ3v) is 3.90. The van der Waals surface area contributed by atoms with E-state index in [-0.39, 0.29) is 0 Å². The third kappa shape index (κ3) is 2.60. The minimum absolute atomic E-state index is 0.364. The van der Waals surface area contributed by atoms with E-state index in [1.54, 1.807) is 11.3 Å². The van der Waals surface area contributed by atoms with Crippen LogP contribution >= 0.6 is 11.3 Å². The molecule has 92 valence electrons. The highest BCUT2D eigenvalue weighted by molar-refractivity contribution is 7.15. The summed E-state index contributed by atoms with van der Waals surface area (Å²) >= 11 is 1.64. The van der Waals surface area contributed by atoms with Crippen molar-refractivity contribution in [1.82, 2.24) is 4.98 Å². The van der Waals surface area contributed by atoms with Crippen LogP contribution in [0, 0.1) is 18.3 Å². The smallest absolute Gasteiger partial charge is 0.123 e. The molecule has 1 heterocycles. The van der Waals surface area contributed by atoms with Crippen molar-refractivity contribution in [2.45, 2.75) is 33.1 Å². The summed E-state index contributed by atoms with van der Waals surface area (Å²) in [6.45, 7) is 6.32. The maximum absolute atomic E-state index is 8.88. The molecule has 2 nitrogen and oxygen atoms in total. The highest BCUT2D eigenvalue weighted by Gasteiger charge is 2.14. The lowest BCUT2D eigenvalue weighted by Crippen LogP contribution is -1.92. The number of thiazole rings is 1. The van der Waals surface area contributed by atoms with Gasteiger partial charge in [0.2, 0.25) is 0 Å². The van der Waals surface area contributed by atoms with Crippen LogP contribution in [0.15, 0.2) is 24.3 Å². The number of rotatable bonds is 3. The summed E-state index contributed by atoms with van der Waals surface area (Å²) in [5.41, 5.74) is 3.44. The number of benzene rings is 1. The Morgan fingerprint density at radius 1 is 1.39 bits per heavy atom. The molecule has 1 aromatic carbocycles. The monoisotopic (exact) mass is 256 g/mol. The maximum Gasteiger partial charge on any atom is 0.123 e. The fourth-order valence-electron chi connectivity index (χ4n) is 1.91. The molecule has 2 aromatic rings. The third-order valence-electron chi connectivity index (χ3n) is 2.78. The molecule has 0 aliphatic rings. The van der Waals surface area contributed by atoms with E-state index in [2.05, 4.69) is 45.0 Å². The lowest BCUT2D eigenvalue weighted by atomic mass is 10.1. The largest absolute Gasteiger partial charge is 0.241 e. The van der Waals surface area contributed by atoms with Crippen molar-refractivity contribution in [2.75, 3.05) is 0 Å². The van der Waals surface area contributed by atoms with Crippen LogP contribution < -0.4 is 0 Å². The van der Waals surface area contributed by atoms with Gasteiger partial charge in [0.05, 0.1) is 18.2 Å². The van der Waals surface area contributed by atoms with Gasteiger partial charge in [-0.05, 0) is 18.9 Å². The van der Waals surface area contributed by atoms with Gasteiger partial charge in [0, 0.05) is 10.4 Å². The molecule has 1 aromatic heterocycles. The lowest BCUT2D eigenvalue weighted by Gasteiger charge is -2.01. The summed E-state index contributed by atoms with van der Waals surface area (Å²) in [5, 5.41) is 9.90. The molecule has 0 bridgehead atoms. The zero-order chi connectivity index (χ0) is 13.1. The molecule has 2 rings (SSSR count). The SMILES string of the molecule is Cc1cccc(-c2nc(C(C)C)c(CC#N)s2)c1. The predicted molar refractivity (Wildman–Crippen MR) is 75.7 cm³/mol. The molecular weight excluding hydrogens is 240 g/mol. The summed E-state index contributed by atoms with van der Waals surface area (Å²) in [6.07, 6.45) is 0.455. The van der Waals surface area contributed by atoms with Gasteiger partial charge in [0.1, 0.15) is 5.01 Å². The molecule has 0 saturated carbocycles. The number of aryl methyl sites for hydroxylation is 1. The van der Waals surface area contributed by atoms with Crippen LogP contribution in [0.1, 0.15) is 35.9 Å². The molecule has 0 fully saturated rings. The van der Waals surface area contributed by atoms with Crippen molar-refractivity contribution in [3.8, 4) is 16.6 Å². The first-order chi connectivity index (χ1) is 8.61. The van der Waals surface area contributed by atoms with Crippen LogP contribution in [-0.2, 0) is 6.42 Å². The zero-order valence-electron chi connectivity index (χ0n) is 10.9. The van der Waals surface area contributed by atoms with Gasteiger partial charge in [-0.2, -0.15) is 5.26 Å². The Morgan fingerprint density at radius 3 is 2.78 bits per heavy atom. The first kappa shape index (κ1) is 12.8. The van der Waals surface area contributed by atoms with Crippen LogP contribution in [0.5, 0.6) is 0 Å². The maximum atomic E-state index is 8.88. The number of nitrogens with zero attached hydrogens (tertiary/aromatic N) is 2. The summed E-state index contributed by atoms with van der Waals surface area (Å²) in [7, 11) is 0. The van der Waals surface area contributed by atoms with E-state index < -0.39 is 0 Å². The predicted octanol–water partition coefficient (Wildman–Crippen LogP) is 4.31. The fourth-order valence-corrected chi connectivity index (χ4v) is 3.06. The molecule has 0 unspecified atom stereocenters. The summed E-state index contributed by atoms with van der Waals surface area (Å²) in [6, 6.07) is 10.6. The summed E-state index contributed by atoms with van der Waals surface area (Å²) in [5.74, 6) is 0.364. The molecule has 0 saturated heterocycles. The number of aromatic nitrogens is 1. The van der Waals surface area contributed by atoms with Gasteiger partial charge in [0.15, 0.2) is 0 Å². The first-order valence-corrected chi connectivity index (χ1v) is 6.87. The van der Waals surface area contributed by atoms with Crippen LogP contribution in [0.3, 0.4) is 0 Å². The number of nitriles is 1. The topological polar surface area (TPSA) is 36.7 Å². The Hall–Kier alpha value is -1.66. The first-order valence-electron chi connectivity index (χ1n) is 6.05. The van der Waals surface area contributed by atoms with Crippen LogP contribution in [0.2, 0.25) is 0 Å². The second-order valence-electron chi connectivity index (χ2n) is 4.69. The van der Waals surface area contributed by atoms with Crippen molar-refractivity contribution < 1.29 is 0 Å². The van der Waals surface area contributed by atoms with Gasteiger partial charge < -0.3 is 0 Å². The van der Waals surface area contributed by atoms with Crippen LogP contribution in [0.25, 0.3) is 10.6 Å². The molecule has 0 amide bonds. The molecule has 3 heteroatoms. The highest BCUT2D eigenvalue weighted by Crippen LogP contribution is 2.32. The van der Waals surface area contributed by atoms with Gasteiger partial charge in [-0.3, -0.25) is 0 Å². The summed E-state index contributed by atoms with van der Waals surface area (Å²) < 4.78 is 0. The molecule has 18 heavy (non-hydrogen) atoms. The van der Waals surface area contributed by atoms with E-state index in [4.69, 9.17) is 10.2 Å². The molecule has 0 aliphatic carbocycles. The summed E-state index contributed by atoms with van der Waals surface area (Å²) in [4.78, 5) is 5.81. The number of hydrogen-bond acceptors (Lipinski definition) is 3. The van der Waals surface area contributed by atoms with Crippen molar-refractivity contribution in [3.63, 3.8) is 0 Å². The minimum atomic E-state index is 0.364. The van der Waals surface area contributed by atoms with Crippen molar-refractivity contribution in [1.29, 1.82) is 5.26 Å². The molecule has 0 spiro atoms. The Balaban J connectivity index is 2.47. The van der Waals surface area contributed by atoms with Gasteiger partial charge in [-0.1, -0.05) is 37.6 Å². The minimum Gasteiger partial charge on any atom is -0.241 e. The Kier molecular flexibility index (Phi) is 3.78. The average molecular weight is 256 g/mol. The second-order valence-corrected chi connectivity index (χ2v) is 5.77. The fraction of sp³-hybridized carbons (Fsp3) is 0.333. The van der Waals surface area contributed by atoms with Gasteiger partial charge in [0.25, 0.3) is 0 Å². The van der Waals surface area contributed by atoms with Crippen molar-refractivity contribution >= 4 is 11.3 Å². The van der Waals surface area contributed by atoms with Crippen LogP contribution in [-0.4, -0.2) is 4.98 Å². The van der Waals surface area contributed by atoms with E-state index in [0.29, 0.717) is 12.3 Å². The molecule has 0 aliphatic heterocycles. The molecule has 0 radical (unpaired) electrons. The average Bonchev–Trinajstić information content (AvgIpc) is 2.74. The Labute approximate surface area is 112 Å². The van der Waals surface area contributed by atoms with E-state index in [9.17, 15) is 0 Å². The highest BCUT2D eigenvalue weighted by atomic mass is 32.1. The zero-order valence-corrected chi connectivity index (χ0v) is 11.7. The standard InChI is InChI=1S/C15H16N2S/c1-10(2)14-13(7-8-16)18-15(17-14)12-6-4-5-11(3)9-12/h4-6,9-10H,7H2,1-3H3. The van der Waals surface area contributed by atoms with Crippen molar-refractivity contribution in [3.05, 3.63) is 40.4 Å².